The fraction of sp³-hybridized carbons (Fsp3) is 0.778. The minimum Gasteiger partial charge on any atom is -0.481 e. The van der Waals surface area contributed by atoms with Gasteiger partial charge in [-0.05, 0) is 18.4 Å². The molecule has 88 valence electrons. The Morgan fingerprint density at radius 2 is 2.50 bits per heavy atom. The van der Waals surface area contributed by atoms with Crippen LogP contribution in [0.25, 0.3) is 10.4 Å². The van der Waals surface area contributed by atoms with E-state index in [1.165, 1.54) is 0 Å². The molecule has 1 saturated heterocycles. The molecule has 0 aromatic heterocycles. The Morgan fingerprint density at radius 1 is 1.81 bits per heavy atom. The van der Waals surface area contributed by atoms with Crippen LogP contribution in [0, 0.1) is 5.92 Å². The van der Waals surface area contributed by atoms with Crippen LogP contribution in [0.1, 0.15) is 19.8 Å². The molecule has 1 amide bonds. The first-order chi connectivity index (χ1) is 7.54. The average Bonchev–Trinajstić information content (AvgIpc) is 2.55. The summed E-state index contributed by atoms with van der Waals surface area (Å²) in [5.74, 6) is -0.967. The maximum absolute atomic E-state index is 11.6. The molecule has 1 aliphatic rings. The summed E-state index contributed by atoms with van der Waals surface area (Å²) in [5, 5.41) is 12.1. The summed E-state index contributed by atoms with van der Waals surface area (Å²) in [5.41, 5.74) is 8.17. The van der Waals surface area contributed by atoms with Gasteiger partial charge in [-0.2, -0.15) is 0 Å². The fourth-order valence-corrected chi connectivity index (χ4v) is 1.87. The number of carboxylic acids is 1. The van der Waals surface area contributed by atoms with Crippen molar-refractivity contribution < 1.29 is 14.7 Å². The van der Waals surface area contributed by atoms with Gasteiger partial charge in [0.2, 0.25) is 5.91 Å². The molecule has 0 radical (unpaired) electrons. The molecule has 16 heavy (non-hydrogen) atoms. The molecule has 0 aliphatic carbocycles. The lowest BCUT2D eigenvalue weighted by atomic mass is 10.1. The Labute approximate surface area is 92.7 Å². The molecule has 7 heteroatoms. The van der Waals surface area contributed by atoms with Gasteiger partial charge in [0.15, 0.2) is 0 Å². The highest BCUT2D eigenvalue weighted by Crippen LogP contribution is 2.21. The van der Waals surface area contributed by atoms with Crippen LogP contribution in [-0.2, 0) is 9.59 Å². The molecule has 0 saturated carbocycles. The molecule has 1 rings (SSSR count). The Morgan fingerprint density at radius 3 is 3.06 bits per heavy atom. The second kappa shape index (κ2) is 5.37. The molecule has 1 fully saturated rings. The highest BCUT2D eigenvalue weighted by atomic mass is 16.4. The van der Waals surface area contributed by atoms with Crippen LogP contribution < -0.4 is 0 Å². The van der Waals surface area contributed by atoms with Crippen molar-refractivity contribution in [2.45, 2.75) is 25.8 Å². The van der Waals surface area contributed by atoms with Gasteiger partial charge >= 0.3 is 5.97 Å². The van der Waals surface area contributed by atoms with Crippen molar-refractivity contribution in [2.75, 3.05) is 13.1 Å². The van der Waals surface area contributed by atoms with E-state index in [1.54, 1.807) is 11.8 Å². The summed E-state index contributed by atoms with van der Waals surface area (Å²) < 4.78 is 0. The number of nitrogens with zero attached hydrogens (tertiary/aromatic N) is 4. The SMILES string of the molecule is CC(CC(=O)O)N1CC(CN=[N+]=[N-])CC1=O. The summed E-state index contributed by atoms with van der Waals surface area (Å²) in [6.07, 6.45) is 0.281. The maximum Gasteiger partial charge on any atom is 0.305 e. The number of carbonyl (C=O) groups excluding carboxylic acids is 1. The van der Waals surface area contributed by atoms with Gasteiger partial charge in [-0.3, -0.25) is 9.59 Å². The zero-order valence-electron chi connectivity index (χ0n) is 9.04. The van der Waals surface area contributed by atoms with Gasteiger partial charge in [-0.25, -0.2) is 0 Å². The molecular weight excluding hydrogens is 212 g/mol. The summed E-state index contributed by atoms with van der Waals surface area (Å²) in [6.45, 7) is 2.48. The number of carbonyl (C=O) groups is 2. The smallest absolute Gasteiger partial charge is 0.305 e. The van der Waals surface area contributed by atoms with Gasteiger partial charge < -0.3 is 10.0 Å². The van der Waals surface area contributed by atoms with Crippen molar-refractivity contribution in [1.29, 1.82) is 0 Å². The van der Waals surface area contributed by atoms with Crippen LogP contribution in [-0.4, -0.2) is 41.0 Å². The highest BCUT2D eigenvalue weighted by Gasteiger charge is 2.32. The van der Waals surface area contributed by atoms with Crippen LogP contribution in [0.3, 0.4) is 0 Å². The van der Waals surface area contributed by atoms with E-state index in [0.29, 0.717) is 19.5 Å². The van der Waals surface area contributed by atoms with Gasteiger partial charge in [0.1, 0.15) is 0 Å². The molecule has 1 aliphatic heterocycles. The second-order valence-corrected chi connectivity index (χ2v) is 3.98. The van der Waals surface area contributed by atoms with E-state index < -0.39 is 5.97 Å². The van der Waals surface area contributed by atoms with Gasteiger partial charge in [0.25, 0.3) is 0 Å². The Balaban J connectivity index is 2.53. The van der Waals surface area contributed by atoms with E-state index in [0.717, 1.165) is 0 Å². The zero-order chi connectivity index (χ0) is 12.1. The third kappa shape index (κ3) is 3.13. The Kier molecular flexibility index (Phi) is 4.13. The molecule has 1 N–H and O–H groups in total. The van der Waals surface area contributed by atoms with E-state index in [9.17, 15) is 9.59 Å². The number of rotatable bonds is 5. The molecule has 2 atom stereocenters. The number of carboxylic acid groups (broad SMARTS) is 1. The van der Waals surface area contributed by atoms with Gasteiger partial charge in [0, 0.05) is 30.5 Å². The van der Waals surface area contributed by atoms with E-state index in [2.05, 4.69) is 10.0 Å². The number of amides is 1. The first-order valence-electron chi connectivity index (χ1n) is 5.06. The number of hydrogen-bond donors (Lipinski definition) is 1. The van der Waals surface area contributed by atoms with E-state index in [-0.39, 0.29) is 24.3 Å². The molecule has 1 heterocycles. The standard InChI is InChI=1S/C9H14N4O3/c1-6(2-9(15)16)13-5-7(3-8(13)14)4-11-12-10/h6-7H,2-5H2,1H3,(H,15,16). The van der Waals surface area contributed by atoms with Crippen molar-refractivity contribution in [3.63, 3.8) is 0 Å². The summed E-state index contributed by atoms with van der Waals surface area (Å²) >= 11 is 0. The minimum absolute atomic E-state index is 0.0136. The van der Waals surface area contributed by atoms with E-state index in [4.69, 9.17) is 10.6 Å². The van der Waals surface area contributed by atoms with Gasteiger partial charge in [0.05, 0.1) is 6.42 Å². The predicted molar refractivity (Wildman–Crippen MR) is 55.5 cm³/mol. The molecule has 2 unspecified atom stereocenters. The van der Waals surface area contributed by atoms with Crippen LogP contribution in [0.4, 0.5) is 0 Å². The van der Waals surface area contributed by atoms with E-state index in [1.807, 2.05) is 0 Å². The number of aliphatic carboxylic acids is 1. The maximum atomic E-state index is 11.6. The largest absolute Gasteiger partial charge is 0.481 e. The van der Waals surface area contributed by atoms with E-state index >= 15 is 0 Å². The normalized spacial score (nSPS) is 21.7. The summed E-state index contributed by atoms with van der Waals surface area (Å²) in [6, 6.07) is -0.305. The van der Waals surface area contributed by atoms with Crippen molar-refractivity contribution in [2.24, 2.45) is 11.0 Å². The quantitative estimate of drug-likeness (QED) is 0.429. The molecular formula is C9H14N4O3. The number of likely N-dealkylation sites (tertiary alicyclic amines) is 1. The highest BCUT2D eigenvalue weighted by molar-refractivity contribution is 5.79. The number of hydrogen-bond acceptors (Lipinski definition) is 3. The van der Waals surface area contributed by atoms with Gasteiger partial charge in [-0.15, -0.1) is 0 Å². The first kappa shape index (κ1) is 12.3. The van der Waals surface area contributed by atoms with Crippen molar-refractivity contribution >= 4 is 11.9 Å². The van der Waals surface area contributed by atoms with Crippen LogP contribution in [0.2, 0.25) is 0 Å². The minimum atomic E-state index is -0.918. The van der Waals surface area contributed by atoms with Crippen molar-refractivity contribution in [3.8, 4) is 0 Å². The zero-order valence-corrected chi connectivity index (χ0v) is 9.04. The van der Waals surface area contributed by atoms with Crippen LogP contribution in [0.5, 0.6) is 0 Å². The second-order valence-electron chi connectivity index (χ2n) is 3.98. The average molecular weight is 226 g/mol. The lowest BCUT2D eigenvalue weighted by molar-refractivity contribution is -0.139. The lowest BCUT2D eigenvalue weighted by Crippen LogP contribution is -2.36. The monoisotopic (exact) mass is 226 g/mol. The molecule has 0 aromatic rings. The Bertz CT molecular complexity index is 338. The lowest BCUT2D eigenvalue weighted by Gasteiger charge is -2.23. The fourth-order valence-electron chi connectivity index (χ4n) is 1.87. The van der Waals surface area contributed by atoms with Crippen LogP contribution in [0.15, 0.2) is 5.11 Å². The third-order valence-corrected chi connectivity index (χ3v) is 2.64. The Hall–Kier alpha value is -1.75. The number of azide groups is 1. The first-order valence-corrected chi connectivity index (χ1v) is 5.06. The van der Waals surface area contributed by atoms with Crippen LogP contribution >= 0.6 is 0 Å². The predicted octanol–water partition coefficient (Wildman–Crippen LogP) is 1.01. The van der Waals surface area contributed by atoms with Gasteiger partial charge in [-0.1, -0.05) is 5.11 Å². The topological polar surface area (TPSA) is 106 Å². The molecule has 0 aromatic carbocycles. The summed E-state index contributed by atoms with van der Waals surface area (Å²) in [4.78, 5) is 26.3. The van der Waals surface area contributed by atoms with Crippen molar-refractivity contribution in [1.82, 2.24) is 4.90 Å². The molecule has 0 bridgehead atoms. The molecule has 7 nitrogen and oxygen atoms in total. The molecule has 0 spiro atoms. The summed E-state index contributed by atoms with van der Waals surface area (Å²) in [7, 11) is 0. The van der Waals surface area contributed by atoms with Crippen molar-refractivity contribution in [3.05, 3.63) is 10.4 Å². The third-order valence-electron chi connectivity index (χ3n) is 2.64.